The number of nitriles is 1. The van der Waals surface area contributed by atoms with Gasteiger partial charge in [-0.25, -0.2) is 13.8 Å². The molecule has 1 aromatic heterocycles. The average molecular weight is 212 g/mol. The fourth-order valence-corrected chi connectivity index (χ4v) is 1.04. The van der Waals surface area contributed by atoms with Gasteiger partial charge in [-0.05, 0) is 6.07 Å². The standard InChI is InChI=1S/C8H6F2N4O/c9-6(10)4-1-3(2-11)5(8(13)15)7(12)14-4/h1,6H,(H2,12,14)(H2,13,15). The van der Waals surface area contributed by atoms with Crippen LogP contribution in [0.2, 0.25) is 0 Å². The van der Waals surface area contributed by atoms with Crippen molar-refractivity contribution in [3.8, 4) is 6.07 Å². The van der Waals surface area contributed by atoms with Crippen LogP contribution in [-0.2, 0) is 0 Å². The number of pyridine rings is 1. The number of carbonyl (C=O) groups is 1. The number of nitrogens with zero attached hydrogens (tertiary/aromatic N) is 2. The number of carbonyl (C=O) groups excluding carboxylic acids is 1. The van der Waals surface area contributed by atoms with Crippen molar-refractivity contribution in [2.45, 2.75) is 6.43 Å². The van der Waals surface area contributed by atoms with Crippen LogP contribution in [-0.4, -0.2) is 10.9 Å². The Balaban J connectivity index is 3.46. The summed E-state index contributed by atoms with van der Waals surface area (Å²) >= 11 is 0. The molecule has 4 N–H and O–H groups in total. The van der Waals surface area contributed by atoms with Crippen molar-refractivity contribution in [1.29, 1.82) is 5.26 Å². The summed E-state index contributed by atoms with van der Waals surface area (Å²) in [5, 5.41) is 8.61. The van der Waals surface area contributed by atoms with E-state index in [4.69, 9.17) is 16.7 Å². The van der Waals surface area contributed by atoms with Gasteiger partial charge in [-0.2, -0.15) is 5.26 Å². The zero-order valence-corrected chi connectivity index (χ0v) is 7.37. The topological polar surface area (TPSA) is 106 Å². The molecule has 15 heavy (non-hydrogen) atoms. The van der Waals surface area contributed by atoms with Crippen LogP contribution in [0.3, 0.4) is 0 Å². The highest BCUT2D eigenvalue weighted by atomic mass is 19.3. The van der Waals surface area contributed by atoms with Gasteiger partial charge in [0.05, 0.1) is 11.1 Å². The van der Waals surface area contributed by atoms with Crippen LogP contribution in [0.25, 0.3) is 0 Å². The van der Waals surface area contributed by atoms with Crippen molar-refractivity contribution >= 4 is 11.7 Å². The summed E-state index contributed by atoms with van der Waals surface area (Å²) in [6.45, 7) is 0. The molecule has 5 nitrogen and oxygen atoms in total. The molecule has 1 rings (SSSR count). The zero-order valence-electron chi connectivity index (χ0n) is 7.37. The molecule has 0 aliphatic carbocycles. The first-order chi connectivity index (χ1) is 6.97. The van der Waals surface area contributed by atoms with Gasteiger partial charge in [-0.1, -0.05) is 0 Å². The van der Waals surface area contributed by atoms with E-state index in [0.717, 1.165) is 6.07 Å². The van der Waals surface area contributed by atoms with Crippen molar-refractivity contribution < 1.29 is 13.6 Å². The van der Waals surface area contributed by atoms with Gasteiger partial charge in [0.15, 0.2) is 0 Å². The van der Waals surface area contributed by atoms with E-state index >= 15 is 0 Å². The molecule has 7 heteroatoms. The van der Waals surface area contributed by atoms with Gasteiger partial charge in [0.2, 0.25) is 0 Å². The molecule has 0 bridgehead atoms. The Hall–Kier alpha value is -2.23. The Labute approximate surface area is 83.3 Å². The largest absolute Gasteiger partial charge is 0.383 e. The molecule has 0 saturated carbocycles. The predicted octanol–water partition coefficient (Wildman–Crippen LogP) is 0.572. The fourth-order valence-electron chi connectivity index (χ4n) is 1.04. The van der Waals surface area contributed by atoms with Crippen molar-refractivity contribution in [3.05, 3.63) is 22.9 Å². The summed E-state index contributed by atoms with van der Waals surface area (Å²) in [7, 11) is 0. The van der Waals surface area contributed by atoms with Crippen LogP contribution < -0.4 is 11.5 Å². The summed E-state index contributed by atoms with van der Waals surface area (Å²) in [5.41, 5.74) is 8.87. The third-order valence-corrected chi connectivity index (χ3v) is 1.66. The van der Waals surface area contributed by atoms with E-state index in [1.165, 1.54) is 0 Å². The molecule has 78 valence electrons. The van der Waals surface area contributed by atoms with Gasteiger partial charge >= 0.3 is 0 Å². The van der Waals surface area contributed by atoms with E-state index in [2.05, 4.69) is 4.98 Å². The third kappa shape index (κ3) is 1.99. The quantitative estimate of drug-likeness (QED) is 0.747. The molecule has 0 aliphatic heterocycles. The molecule has 0 saturated heterocycles. The highest BCUT2D eigenvalue weighted by Gasteiger charge is 2.18. The number of hydrogen-bond donors (Lipinski definition) is 2. The predicted molar refractivity (Wildman–Crippen MR) is 46.8 cm³/mol. The Kier molecular flexibility index (Phi) is 2.80. The van der Waals surface area contributed by atoms with Crippen LogP contribution in [0.5, 0.6) is 0 Å². The molecule has 0 aliphatic rings. The van der Waals surface area contributed by atoms with Crippen molar-refractivity contribution in [3.63, 3.8) is 0 Å². The van der Waals surface area contributed by atoms with Crippen LogP contribution in [0.15, 0.2) is 6.07 Å². The number of alkyl halides is 2. The molecular weight excluding hydrogens is 206 g/mol. The number of primary amides is 1. The van der Waals surface area contributed by atoms with Crippen LogP contribution >= 0.6 is 0 Å². The van der Waals surface area contributed by atoms with Crippen molar-refractivity contribution in [2.24, 2.45) is 5.73 Å². The first kappa shape index (κ1) is 10.8. The van der Waals surface area contributed by atoms with Gasteiger partial charge in [0.25, 0.3) is 12.3 Å². The van der Waals surface area contributed by atoms with E-state index < -0.39 is 23.8 Å². The minimum atomic E-state index is -2.86. The molecule has 0 radical (unpaired) electrons. The average Bonchev–Trinajstić information content (AvgIpc) is 2.15. The van der Waals surface area contributed by atoms with Gasteiger partial charge in [0.1, 0.15) is 17.6 Å². The Morgan fingerprint density at radius 2 is 2.20 bits per heavy atom. The number of rotatable bonds is 2. The second kappa shape index (κ2) is 3.88. The van der Waals surface area contributed by atoms with Crippen molar-refractivity contribution in [1.82, 2.24) is 4.98 Å². The lowest BCUT2D eigenvalue weighted by Gasteiger charge is -2.06. The lowest BCUT2D eigenvalue weighted by molar-refractivity contribution is 0.0999. The second-order valence-electron chi connectivity index (χ2n) is 2.63. The maximum absolute atomic E-state index is 12.3. The number of hydrogen-bond acceptors (Lipinski definition) is 4. The number of amides is 1. The maximum Gasteiger partial charge on any atom is 0.280 e. The summed E-state index contributed by atoms with van der Waals surface area (Å²) in [6.07, 6.45) is -2.86. The third-order valence-electron chi connectivity index (χ3n) is 1.66. The summed E-state index contributed by atoms with van der Waals surface area (Å²) in [5.74, 6) is -1.44. The van der Waals surface area contributed by atoms with Crippen LogP contribution in [0, 0.1) is 11.3 Å². The minimum Gasteiger partial charge on any atom is -0.383 e. The summed E-state index contributed by atoms with van der Waals surface area (Å²) in [4.78, 5) is 14.1. The van der Waals surface area contributed by atoms with Gasteiger partial charge < -0.3 is 11.5 Å². The van der Waals surface area contributed by atoms with E-state index in [-0.39, 0.29) is 11.1 Å². The molecule has 1 heterocycles. The summed E-state index contributed by atoms with van der Waals surface area (Å²) in [6, 6.07) is 2.35. The Bertz CT molecular complexity index is 453. The minimum absolute atomic E-state index is 0.301. The van der Waals surface area contributed by atoms with Crippen LogP contribution in [0.1, 0.15) is 28.0 Å². The number of nitrogens with two attached hydrogens (primary N) is 2. The Morgan fingerprint density at radius 3 is 2.60 bits per heavy atom. The first-order valence-electron chi connectivity index (χ1n) is 3.75. The van der Waals surface area contributed by atoms with Crippen molar-refractivity contribution in [2.75, 3.05) is 5.73 Å². The molecule has 1 amide bonds. The number of nitrogen functional groups attached to an aromatic ring is 1. The van der Waals surface area contributed by atoms with E-state index in [9.17, 15) is 13.6 Å². The normalized spacial score (nSPS) is 10.0. The number of anilines is 1. The first-order valence-corrected chi connectivity index (χ1v) is 3.75. The van der Waals surface area contributed by atoms with Gasteiger partial charge in [0, 0.05) is 0 Å². The monoisotopic (exact) mass is 212 g/mol. The SMILES string of the molecule is N#Cc1cc(C(F)F)nc(N)c1C(N)=O. The lowest BCUT2D eigenvalue weighted by atomic mass is 10.1. The maximum atomic E-state index is 12.3. The molecule has 0 spiro atoms. The van der Waals surface area contributed by atoms with E-state index in [1.807, 2.05) is 0 Å². The fraction of sp³-hybridized carbons (Fsp3) is 0.125. The Morgan fingerprint density at radius 1 is 1.60 bits per heavy atom. The smallest absolute Gasteiger partial charge is 0.280 e. The molecule has 1 aromatic rings. The molecular formula is C8H6F2N4O. The lowest BCUT2D eigenvalue weighted by Crippen LogP contribution is -2.17. The van der Waals surface area contributed by atoms with E-state index in [1.54, 1.807) is 6.07 Å². The zero-order chi connectivity index (χ0) is 11.6. The second-order valence-corrected chi connectivity index (χ2v) is 2.63. The molecule has 0 atom stereocenters. The highest BCUT2D eigenvalue weighted by molar-refractivity contribution is 5.99. The van der Waals surface area contributed by atoms with Crippen LogP contribution in [0.4, 0.5) is 14.6 Å². The molecule has 0 aromatic carbocycles. The molecule has 0 unspecified atom stereocenters. The molecule has 0 fully saturated rings. The highest BCUT2D eigenvalue weighted by Crippen LogP contribution is 2.22. The van der Waals surface area contributed by atoms with E-state index in [0.29, 0.717) is 0 Å². The van der Waals surface area contributed by atoms with Gasteiger partial charge in [-0.15, -0.1) is 0 Å². The number of aromatic nitrogens is 1. The van der Waals surface area contributed by atoms with Gasteiger partial charge in [-0.3, -0.25) is 4.79 Å². The summed E-state index contributed by atoms with van der Waals surface area (Å²) < 4.78 is 24.5. The number of halogens is 2.